The van der Waals surface area contributed by atoms with Crippen LogP contribution in [0.5, 0.6) is 5.75 Å². The average molecular weight is 376 g/mol. The predicted molar refractivity (Wildman–Crippen MR) is 93.9 cm³/mol. The highest BCUT2D eigenvalue weighted by molar-refractivity contribution is 5.92. The summed E-state index contributed by atoms with van der Waals surface area (Å²) in [5.74, 6) is 0.463. The van der Waals surface area contributed by atoms with Gasteiger partial charge in [0.05, 0.1) is 6.54 Å². The van der Waals surface area contributed by atoms with E-state index >= 15 is 0 Å². The Balaban J connectivity index is 1.61. The quantitative estimate of drug-likeness (QED) is 0.469. The fourth-order valence-corrected chi connectivity index (χ4v) is 2.27. The normalized spacial score (nSPS) is 12.0. The van der Waals surface area contributed by atoms with Crippen LogP contribution in [0.2, 0.25) is 0 Å². The summed E-state index contributed by atoms with van der Waals surface area (Å²) in [6.45, 7) is 0.316. The SMILES string of the molecule is NC(=NCc1cccc(-c2ncn[nH]2)c1)Nc1ccc(OC(F)(F)F)cc1. The molecule has 0 amide bonds. The monoisotopic (exact) mass is 376 g/mol. The Morgan fingerprint density at radius 2 is 1.96 bits per heavy atom. The van der Waals surface area contributed by atoms with Gasteiger partial charge in [0.15, 0.2) is 11.8 Å². The van der Waals surface area contributed by atoms with Gasteiger partial charge in [0, 0.05) is 11.3 Å². The minimum absolute atomic E-state index is 0.129. The number of anilines is 1. The van der Waals surface area contributed by atoms with Gasteiger partial charge in [-0.15, -0.1) is 13.2 Å². The number of alkyl halides is 3. The number of hydrogen-bond acceptors (Lipinski definition) is 4. The number of nitrogens with zero attached hydrogens (tertiary/aromatic N) is 3. The van der Waals surface area contributed by atoms with Gasteiger partial charge >= 0.3 is 6.36 Å². The van der Waals surface area contributed by atoms with E-state index in [-0.39, 0.29) is 11.7 Å². The molecular formula is C17H15F3N6O. The number of nitrogens with two attached hydrogens (primary N) is 1. The second-order valence-corrected chi connectivity index (χ2v) is 5.43. The minimum Gasteiger partial charge on any atom is -0.406 e. The van der Waals surface area contributed by atoms with Gasteiger partial charge in [-0.05, 0) is 35.9 Å². The predicted octanol–water partition coefficient (Wildman–Crippen LogP) is 3.30. The number of aromatic nitrogens is 3. The molecule has 0 spiro atoms. The molecule has 0 saturated carbocycles. The smallest absolute Gasteiger partial charge is 0.406 e. The van der Waals surface area contributed by atoms with Crippen molar-refractivity contribution < 1.29 is 17.9 Å². The first kappa shape index (κ1) is 18.2. The van der Waals surface area contributed by atoms with Crippen LogP contribution in [-0.4, -0.2) is 27.5 Å². The van der Waals surface area contributed by atoms with E-state index in [1.807, 2.05) is 24.3 Å². The molecule has 0 aliphatic rings. The Morgan fingerprint density at radius 3 is 2.63 bits per heavy atom. The van der Waals surface area contributed by atoms with Crippen LogP contribution >= 0.6 is 0 Å². The molecule has 1 aromatic heterocycles. The molecule has 0 unspecified atom stereocenters. The summed E-state index contributed by atoms with van der Waals surface area (Å²) in [6, 6.07) is 12.7. The molecule has 2 aromatic carbocycles. The van der Waals surface area contributed by atoms with Crippen molar-refractivity contribution in [1.82, 2.24) is 15.2 Å². The standard InChI is InChI=1S/C17H15F3N6O/c18-17(19,20)27-14-6-4-13(5-7-14)25-16(21)22-9-11-2-1-3-12(8-11)15-23-10-24-26-15/h1-8,10H,9H2,(H3,21,22,25)(H,23,24,26). The second kappa shape index (κ2) is 7.77. The highest BCUT2D eigenvalue weighted by Crippen LogP contribution is 2.24. The number of aromatic amines is 1. The van der Waals surface area contributed by atoms with Crippen LogP contribution in [-0.2, 0) is 6.54 Å². The topological polar surface area (TPSA) is 101 Å². The third-order valence-corrected chi connectivity index (χ3v) is 3.41. The average Bonchev–Trinajstić information content (AvgIpc) is 3.15. The number of halogens is 3. The molecule has 7 nitrogen and oxygen atoms in total. The van der Waals surface area contributed by atoms with Gasteiger partial charge in [-0.1, -0.05) is 18.2 Å². The molecule has 1 heterocycles. The van der Waals surface area contributed by atoms with Gasteiger partial charge in [-0.2, -0.15) is 5.10 Å². The van der Waals surface area contributed by atoms with Crippen LogP contribution in [0.25, 0.3) is 11.4 Å². The van der Waals surface area contributed by atoms with Gasteiger partial charge < -0.3 is 15.8 Å². The number of guanidine groups is 1. The molecule has 3 rings (SSSR count). The number of ether oxygens (including phenoxy) is 1. The van der Waals surface area contributed by atoms with Crippen molar-refractivity contribution in [3.05, 3.63) is 60.4 Å². The zero-order chi connectivity index (χ0) is 19.3. The Labute approximate surface area is 152 Å². The summed E-state index contributed by atoms with van der Waals surface area (Å²) in [6.07, 6.45) is -3.30. The molecule has 0 aliphatic carbocycles. The molecule has 0 atom stereocenters. The number of rotatable bonds is 5. The van der Waals surface area contributed by atoms with Gasteiger partial charge in [0.2, 0.25) is 0 Å². The Kier molecular flexibility index (Phi) is 5.25. The lowest BCUT2D eigenvalue weighted by atomic mass is 10.1. The van der Waals surface area contributed by atoms with Crippen LogP contribution in [0, 0.1) is 0 Å². The van der Waals surface area contributed by atoms with Crippen molar-refractivity contribution >= 4 is 11.6 Å². The van der Waals surface area contributed by atoms with Gasteiger partial charge in [-0.25, -0.2) is 9.98 Å². The first-order chi connectivity index (χ1) is 12.9. The first-order valence-corrected chi connectivity index (χ1v) is 7.76. The van der Waals surface area contributed by atoms with Gasteiger partial charge in [-0.3, -0.25) is 5.10 Å². The van der Waals surface area contributed by atoms with Crippen molar-refractivity contribution in [1.29, 1.82) is 0 Å². The minimum atomic E-state index is -4.73. The summed E-state index contributed by atoms with van der Waals surface area (Å²) in [7, 11) is 0. The summed E-state index contributed by atoms with van der Waals surface area (Å²) >= 11 is 0. The lowest BCUT2D eigenvalue weighted by Gasteiger charge is -2.10. The van der Waals surface area contributed by atoms with Crippen molar-refractivity contribution in [2.45, 2.75) is 12.9 Å². The molecule has 4 N–H and O–H groups in total. The molecule has 0 bridgehead atoms. The number of aliphatic imine (C=N–C) groups is 1. The summed E-state index contributed by atoms with van der Waals surface area (Å²) in [4.78, 5) is 8.31. The fraction of sp³-hybridized carbons (Fsp3) is 0.118. The van der Waals surface area contributed by atoms with E-state index in [4.69, 9.17) is 5.73 Å². The molecule has 27 heavy (non-hydrogen) atoms. The Hall–Kier alpha value is -3.56. The Morgan fingerprint density at radius 1 is 1.19 bits per heavy atom. The lowest BCUT2D eigenvalue weighted by molar-refractivity contribution is -0.274. The molecule has 140 valence electrons. The number of H-pyrrole nitrogens is 1. The van der Waals surface area contributed by atoms with Gasteiger partial charge in [0.25, 0.3) is 0 Å². The highest BCUT2D eigenvalue weighted by Gasteiger charge is 2.30. The third kappa shape index (κ3) is 5.46. The maximum absolute atomic E-state index is 12.1. The van der Waals surface area contributed by atoms with E-state index in [2.05, 4.69) is 30.2 Å². The maximum atomic E-state index is 12.1. The zero-order valence-corrected chi connectivity index (χ0v) is 13.9. The van der Waals surface area contributed by atoms with Crippen molar-refractivity contribution in [2.24, 2.45) is 10.7 Å². The first-order valence-electron chi connectivity index (χ1n) is 7.76. The van der Waals surface area contributed by atoms with Crippen LogP contribution < -0.4 is 15.8 Å². The van der Waals surface area contributed by atoms with Crippen molar-refractivity contribution in [3.8, 4) is 17.1 Å². The van der Waals surface area contributed by atoms with Crippen molar-refractivity contribution in [3.63, 3.8) is 0 Å². The van der Waals surface area contributed by atoms with Gasteiger partial charge in [0.1, 0.15) is 12.1 Å². The molecule has 0 aliphatic heterocycles. The molecule has 0 radical (unpaired) electrons. The lowest BCUT2D eigenvalue weighted by Crippen LogP contribution is -2.22. The second-order valence-electron chi connectivity index (χ2n) is 5.43. The van der Waals surface area contributed by atoms with E-state index in [0.717, 1.165) is 11.1 Å². The summed E-state index contributed by atoms with van der Waals surface area (Å²) < 4.78 is 40.2. The van der Waals surface area contributed by atoms with E-state index in [1.54, 1.807) is 0 Å². The largest absolute Gasteiger partial charge is 0.573 e. The van der Waals surface area contributed by atoms with Crippen LogP contribution in [0.4, 0.5) is 18.9 Å². The molecule has 0 fully saturated rings. The third-order valence-electron chi connectivity index (χ3n) is 3.41. The number of nitrogens with one attached hydrogen (secondary N) is 2. The fourth-order valence-electron chi connectivity index (χ4n) is 2.27. The van der Waals surface area contributed by atoms with E-state index in [0.29, 0.717) is 18.1 Å². The van der Waals surface area contributed by atoms with Crippen molar-refractivity contribution in [2.75, 3.05) is 5.32 Å². The molecule has 3 aromatic rings. The van der Waals surface area contributed by atoms with E-state index < -0.39 is 6.36 Å². The highest BCUT2D eigenvalue weighted by atomic mass is 19.4. The summed E-state index contributed by atoms with van der Waals surface area (Å²) in [5.41, 5.74) is 8.09. The van der Waals surface area contributed by atoms with E-state index in [1.165, 1.54) is 30.6 Å². The Bertz CT molecular complexity index is 907. The van der Waals surface area contributed by atoms with Crippen LogP contribution in [0.15, 0.2) is 59.9 Å². The van der Waals surface area contributed by atoms with E-state index in [9.17, 15) is 13.2 Å². The molecule has 0 saturated heterocycles. The van der Waals surface area contributed by atoms with Crippen LogP contribution in [0.3, 0.4) is 0 Å². The maximum Gasteiger partial charge on any atom is 0.573 e. The molecular weight excluding hydrogens is 361 g/mol. The molecule has 10 heteroatoms. The zero-order valence-electron chi connectivity index (χ0n) is 13.9. The number of benzene rings is 2. The number of hydrogen-bond donors (Lipinski definition) is 3. The summed E-state index contributed by atoms with van der Waals surface area (Å²) in [5, 5.41) is 9.40. The van der Waals surface area contributed by atoms with Crippen LogP contribution in [0.1, 0.15) is 5.56 Å².